The molecular formula is C20H12FN3O3. The summed E-state index contributed by atoms with van der Waals surface area (Å²) in [6.07, 6.45) is 1.51. The third-order valence-corrected chi connectivity index (χ3v) is 4.14. The molecule has 1 N–H and O–H groups in total. The maximum Gasteiger partial charge on any atom is 0.274 e. The van der Waals surface area contributed by atoms with Crippen LogP contribution in [0.1, 0.15) is 31.2 Å². The molecule has 2 aromatic carbocycles. The van der Waals surface area contributed by atoms with Crippen LogP contribution in [0.2, 0.25) is 0 Å². The van der Waals surface area contributed by atoms with E-state index < -0.39 is 17.6 Å². The minimum Gasteiger partial charge on any atom is -0.321 e. The highest BCUT2D eigenvalue weighted by Crippen LogP contribution is 2.30. The van der Waals surface area contributed by atoms with E-state index in [9.17, 15) is 18.8 Å². The Balaban J connectivity index is 1.57. The Labute approximate surface area is 153 Å². The largest absolute Gasteiger partial charge is 0.321 e. The summed E-state index contributed by atoms with van der Waals surface area (Å²) in [5.74, 6) is -2.41. The van der Waals surface area contributed by atoms with Crippen LogP contribution in [0.5, 0.6) is 0 Å². The number of fused-ring (bicyclic) bond motifs is 1. The maximum atomic E-state index is 13.9. The first kappa shape index (κ1) is 16.6. The SMILES string of the molecule is O=C(Nc1ccc(N2C(=O)c3cccc(F)c3C2=O)cc1)c1ccccn1. The normalized spacial score (nSPS) is 12.9. The van der Waals surface area contributed by atoms with E-state index in [0.29, 0.717) is 5.69 Å². The summed E-state index contributed by atoms with van der Waals surface area (Å²) in [6, 6.07) is 15.1. The Bertz CT molecular complexity index is 1070. The van der Waals surface area contributed by atoms with Gasteiger partial charge in [-0.25, -0.2) is 9.29 Å². The van der Waals surface area contributed by atoms with E-state index in [1.165, 1.54) is 30.5 Å². The molecule has 1 aliphatic heterocycles. The zero-order chi connectivity index (χ0) is 19.0. The molecular weight excluding hydrogens is 349 g/mol. The van der Waals surface area contributed by atoms with E-state index in [4.69, 9.17) is 0 Å². The lowest BCUT2D eigenvalue weighted by Gasteiger charge is -2.14. The van der Waals surface area contributed by atoms with Crippen LogP contribution >= 0.6 is 0 Å². The summed E-state index contributed by atoms with van der Waals surface area (Å²) < 4.78 is 13.9. The number of amides is 3. The molecule has 0 unspecified atom stereocenters. The smallest absolute Gasteiger partial charge is 0.274 e. The fraction of sp³-hybridized carbons (Fsp3) is 0. The number of hydrogen-bond donors (Lipinski definition) is 1. The summed E-state index contributed by atoms with van der Waals surface area (Å²) in [5, 5.41) is 2.67. The molecule has 3 aromatic rings. The number of benzene rings is 2. The van der Waals surface area contributed by atoms with Crippen molar-refractivity contribution in [3.8, 4) is 0 Å². The van der Waals surface area contributed by atoms with Gasteiger partial charge in [-0.05, 0) is 48.5 Å². The van der Waals surface area contributed by atoms with Crippen molar-refractivity contribution < 1.29 is 18.8 Å². The number of nitrogens with one attached hydrogen (secondary N) is 1. The molecule has 0 atom stereocenters. The molecule has 132 valence electrons. The van der Waals surface area contributed by atoms with Crippen LogP contribution in [-0.4, -0.2) is 22.7 Å². The van der Waals surface area contributed by atoms with Gasteiger partial charge < -0.3 is 5.32 Å². The fourth-order valence-corrected chi connectivity index (χ4v) is 2.86. The van der Waals surface area contributed by atoms with E-state index in [1.54, 1.807) is 30.3 Å². The van der Waals surface area contributed by atoms with Gasteiger partial charge >= 0.3 is 0 Å². The molecule has 6 nitrogen and oxygen atoms in total. The van der Waals surface area contributed by atoms with Gasteiger partial charge in [0.15, 0.2) is 0 Å². The maximum absolute atomic E-state index is 13.9. The number of imide groups is 1. The summed E-state index contributed by atoms with van der Waals surface area (Å²) in [6.45, 7) is 0. The number of pyridine rings is 1. The van der Waals surface area contributed by atoms with Crippen LogP contribution in [0, 0.1) is 5.82 Å². The first-order valence-electron chi connectivity index (χ1n) is 8.06. The van der Waals surface area contributed by atoms with E-state index in [2.05, 4.69) is 10.3 Å². The second-order valence-corrected chi connectivity index (χ2v) is 5.82. The number of halogens is 1. The van der Waals surface area contributed by atoms with Crippen molar-refractivity contribution >= 4 is 29.1 Å². The van der Waals surface area contributed by atoms with E-state index in [1.807, 2.05) is 0 Å². The lowest BCUT2D eigenvalue weighted by atomic mass is 10.1. The van der Waals surface area contributed by atoms with Crippen LogP contribution < -0.4 is 10.2 Å². The first-order valence-corrected chi connectivity index (χ1v) is 8.06. The molecule has 0 aliphatic carbocycles. The molecule has 27 heavy (non-hydrogen) atoms. The number of rotatable bonds is 3. The van der Waals surface area contributed by atoms with Gasteiger partial charge in [0, 0.05) is 11.9 Å². The lowest BCUT2D eigenvalue weighted by molar-refractivity contribution is 0.0923. The molecule has 0 bridgehead atoms. The highest BCUT2D eigenvalue weighted by molar-refractivity contribution is 6.34. The topological polar surface area (TPSA) is 79.4 Å². The van der Waals surface area contributed by atoms with E-state index >= 15 is 0 Å². The van der Waals surface area contributed by atoms with E-state index in [-0.39, 0.29) is 28.4 Å². The Morgan fingerprint density at radius 1 is 0.926 bits per heavy atom. The lowest BCUT2D eigenvalue weighted by Crippen LogP contribution is -2.29. The molecule has 2 heterocycles. The van der Waals surface area contributed by atoms with Crippen molar-refractivity contribution in [3.05, 3.63) is 89.5 Å². The molecule has 0 saturated carbocycles. The average Bonchev–Trinajstić information content (AvgIpc) is 2.95. The third kappa shape index (κ3) is 2.85. The summed E-state index contributed by atoms with van der Waals surface area (Å²) in [7, 11) is 0. The number of aromatic nitrogens is 1. The number of hydrogen-bond acceptors (Lipinski definition) is 4. The van der Waals surface area contributed by atoms with Crippen molar-refractivity contribution in [1.29, 1.82) is 0 Å². The predicted molar refractivity (Wildman–Crippen MR) is 96.2 cm³/mol. The quantitative estimate of drug-likeness (QED) is 0.726. The van der Waals surface area contributed by atoms with Gasteiger partial charge in [0.2, 0.25) is 0 Å². The second-order valence-electron chi connectivity index (χ2n) is 5.82. The molecule has 7 heteroatoms. The predicted octanol–water partition coefficient (Wildman–Crippen LogP) is 3.27. The Kier molecular flexibility index (Phi) is 3.97. The van der Waals surface area contributed by atoms with Gasteiger partial charge in [-0.2, -0.15) is 0 Å². The van der Waals surface area contributed by atoms with Crippen molar-refractivity contribution in [2.45, 2.75) is 0 Å². The van der Waals surface area contributed by atoms with E-state index in [0.717, 1.165) is 11.0 Å². The van der Waals surface area contributed by atoms with Gasteiger partial charge in [-0.1, -0.05) is 12.1 Å². The van der Waals surface area contributed by atoms with Gasteiger partial charge in [-0.15, -0.1) is 0 Å². The molecule has 0 saturated heterocycles. The highest BCUT2D eigenvalue weighted by atomic mass is 19.1. The first-order chi connectivity index (χ1) is 13.1. The second kappa shape index (κ2) is 6.45. The average molecular weight is 361 g/mol. The Morgan fingerprint density at radius 3 is 2.37 bits per heavy atom. The number of nitrogens with zero attached hydrogens (tertiary/aromatic N) is 2. The molecule has 1 aromatic heterocycles. The molecule has 1 aliphatic rings. The summed E-state index contributed by atoms with van der Waals surface area (Å²) >= 11 is 0. The van der Waals surface area contributed by atoms with Gasteiger partial charge in [0.1, 0.15) is 11.5 Å². The Morgan fingerprint density at radius 2 is 1.70 bits per heavy atom. The molecule has 4 rings (SSSR count). The summed E-state index contributed by atoms with van der Waals surface area (Å²) in [4.78, 5) is 41.9. The van der Waals surface area contributed by atoms with Gasteiger partial charge in [0.05, 0.1) is 16.8 Å². The highest BCUT2D eigenvalue weighted by Gasteiger charge is 2.38. The van der Waals surface area contributed by atoms with Crippen LogP contribution in [0.4, 0.5) is 15.8 Å². The minimum atomic E-state index is -0.729. The van der Waals surface area contributed by atoms with Gasteiger partial charge in [-0.3, -0.25) is 19.4 Å². The number of anilines is 2. The standard InChI is InChI=1S/C20H12FN3O3/c21-15-5-3-4-14-17(15)20(27)24(19(14)26)13-9-7-12(8-10-13)23-18(25)16-6-1-2-11-22-16/h1-11H,(H,23,25). The molecule has 0 radical (unpaired) electrons. The van der Waals surface area contributed by atoms with Crippen LogP contribution in [0.15, 0.2) is 66.9 Å². The van der Waals surface area contributed by atoms with Crippen LogP contribution in [0.25, 0.3) is 0 Å². The summed E-state index contributed by atoms with van der Waals surface area (Å²) in [5.41, 5.74) is 0.827. The minimum absolute atomic E-state index is 0.0348. The zero-order valence-corrected chi connectivity index (χ0v) is 13.8. The van der Waals surface area contributed by atoms with Gasteiger partial charge in [0.25, 0.3) is 17.7 Å². The molecule has 0 fully saturated rings. The zero-order valence-electron chi connectivity index (χ0n) is 13.8. The molecule has 0 spiro atoms. The van der Waals surface area contributed by atoms with Crippen molar-refractivity contribution in [3.63, 3.8) is 0 Å². The van der Waals surface area contributed by atoms with Crippen molar-refractivity contribution in [2.75, 3.05) is 10.2 Å². The third-order valence-electron chi connectivity index (χ3n) is 4.14. The number of carbonyl (C=O) groups excluding carboxylic acids is 3. The number of carbonyl (C=O) groups is 3. The molecule has 3 amide bonds. The monoisotopic (exact) mass is 361 g/mol. The van der Waals surface area contributed by atoms with Crippen LogP contribution in [0.3, 0.4) is 0 Å². The Hall–Kier alpha value is -3.87. The fourth-order valence-electron chi connectivity index (χ4n) is 2.86. The van der Waals surface area contributed by atoms with Crippen molar-refractivity contribution in [2.24, 2.45) is 0 Å². The van der Waals surface area contributed by atoms with Crippen molar-refractivity contribution in [1.82, 2.24) is 4.98 Å². The van der Waals surface area contributed by atoms with Crippen LogP contribution in [-0.2, 0) is 0 Å².